The Hall–Kier alpha value is -2.40. The zero-order valence-electron chi connectivity index (χ0n) is 12.8. The Bertz CT molecular complexity index is 799. The number of benzene rings is 2. The van der Waals surface area contributed by atoms with Crippen LogP contribution in [0.4, 0.5) is 0 Å². The molecule has 0 aliphatic carbocycles. The first-order valence-corrected chi connectivity index (χ1v) is 8.76. The summed E-state index contributed by atoms with van der Waals surface area (Å²) in [6.45, 7) is 1.82. The molecule has 1 atom stereocenters. The molecule has 0 amide bonds. The molecule has 1 heterocycles. The lowest BCUT2D eigenvalue weighted by molar-refractivity contribution is 0.477. The van der Waals surface area contributed by atoms with Gasteiger partial charge < -0.3 is 9.15 Å². The highest BCUT2D eigenvalue weighted by molar-refractivity contribution is 7.83. The van der Waals surface area contributed by atoms with Crippen molar-refractivity contribution in [3.63, 3.8) is 0 Å². The van der Waals surface area contributed by atoms with Crippen molar-refractivity contribution in [2.24, 2.45) is 0 Å². The van der Waals surface area contributed by atoms with E-state index in [9.17, 15) is 4.21 Å². The molecule has 0 aliphatic rings. The molecular formula is C18H17NO3S. The van der Waals surface area contributed by atoms with Gasteiger partial charge in [-0.05, 0) is 25.1 Å². The van der Waals surface area contributed by atoms with Gasteiger partial charge in [-0.25, -0.2) is 4.98 Å². The van der Waals surface area contributed by atoms with E-state index in [-0.39, 0.29) is 0 Å². The van der Waals surface area contributed by atoms with E-state index < -0.39 is 10.8 Å². The average molecular weight is 327 g/mol. The van der Waals surface area contributed by atoms with Crippen LogP contribution in [0.1, 0.15) is 17.2 Å². The molecule has 0 saturated heterocycles. The molecule has 23 heavy (non-hydrogen) atoms. The number of rotatable bonds is 6. The number of aromatic nitrogens is 1. The molecule has 118 valence electrons. The first-order chi connectivity index (χ1) is 11.2. The third kappa shape index (κ3) is 4.29. The van der Waals surface area contributed by atoms with Gasteiger partial charge in [0.1, 0.15) is 23.0 Å². The van der Waals surface area contributed by atoms with E-state index in [1.54, 1.807) is 6.20 Å². The number of hydrogen-bond donors (Lipinski definition) is 0. The molecule has 0 N–H and O–H groups in total. The van der Waals surface area contributed by atoms with Gasteiger partial charge in [0.05, 0.1) is 11.9 Å². The third-order valence-electron chi connectivity index (χ3n) is 3.21. The quantitative estimate of drug-likeness (QED) is 0.680. The van der Waals surface area contributed by atoms with Crippen LogP contribution in [0.25, 0.3) is 0 Å². The van der Waals surface area contributed by atoms with E-state index in [1.807, 2.05) is 61.5 Å². The lowest BCUT2D eigenvalue weighted by Gasteiger charge is -2.10. The minimum Gasteiger partial charge on any atom is -0.457 e. The zero-order chi connectivity index (χ0) is 16.1. The topological polar surface area (TPSA) is 52.3 Å². The largest absolute Gasteiger partial charge is 0.457 e. The summed E-state index contributed by atoms with van der Waals surface area (Å²) in [7, 11) is -1.11. The number of nitrogens with zero attached hydrogens (tertiary/aromatic N) is 1. The molecule has 0 saturated carbocycles. The first-order valence-electron chi connectivity index (χ1n) is 7.28. The fraction of sp³-hybridized carbons (Fsp3) is 0.167. The maximum absolute atomic E-state index is 12.4. The van der Waals surface area contributed by atoms with E-state index in [1.165, 1.54) is 0 Å². The summed E-state index contributed by atoms with van der Waals surface area (Å²) in [5, 5.41) is 0. The minimum absolute atomic E-state index is 0.299. The molecule has 3 rings (SSSR count). The molecule has 2 aromatic carbocycles. The Morgan fingerprint density at radius 1 is 1.04 bits per heavy atom. The second-order valence-electron chi connectivity index (χ2n) is 5.12. The molecule has 3 aromatic rings. The van der Waals surface area contributed by atoms with Gasteiger partial charge in [-0.2, -0.15) is 0 Å². The number of hydrogen-bond acceptors (Lipinski definition) is 4. The van der Waals surface area contributed by atoms with Gasteiger partial charge >= 0.3 is 0 Å². The lowest BCUT2D eigenvalue weighted by atomic mass is 10.2. The van der Waals surface area contributed by atoms with Crippen molar-refractivity contribution in [1.82, 2.24) is 4.98 Å². The molecular weight excluding hydrogens is 310 g/mol. The Morgan fingerprint density at radius 3 is 2.52 bits per heavy atom. The van der Waals surface area contributed by atoms with Crippen LogP contribution in [-0.2, 0) is 22.3 Å². The van der Waals surface area contributed by atoms with Gasteiger partial charge in [-0.15, -0.1) is 0 Å². The van der Waals surface area contributed by atoms with Gasteiger partial charge in [0.2, 0.25) is 5.89 Å². The van der Waals surface area contributed by atoms with Gasteiger partial charge in [-0.1, -0.05) is 36.4 Å². The first kappa shape index (κ1) is 15.5. The number of oxazole rings is 1. The van der Waals surface area contributed by atoms with Crippen LogP contribution in [0.3, 0.4) is 0 Å². The summed E-state index contributed by atoms with van der Waals surface area (Å²) in [4.78, 5) is 4.10. The molecule has 0 aliphatic heterocycles. The molecule has 0 bridgehead atoms. The Balaban J connectivity index is 1.71. The van der Waals surface area contributed by atoms with Gasteiger partial charge in [0.25, 0.3) is 0 Å². The van der Waals surface area contributed by atoms with Crippen molar-refractivity contribution in [3.05, 3.63) is 78.0 Å². The molecule has 5 heteroatoms. The number of aryl methyl sites for hydroxylation is 1. The van der Waals surface area contributed by atoms with Crippen LogP contribution < -0.4 is 4.74 Å². The molecule has 4 nitrogen and oxygen atoms in total. The van der Waals surface area contributed by atoms with Crippen LogP contribution in [0.5, 0.6) is 11.5 Å². The second kappa shape index (κ2) is 7.24. The third-order valence-corrected chi connectivity index (χ3v) is 4.42. The van der Waals surface area contributed by atoms with Gasteiger partial charge in [0, 0.05) is 16.4 Å². The fourth-order valence-electron chi connectivity index (χ4n) is 2.17. The van der Waals surface area contributed by atoms with Crippen LogP contribution in [0.2, 0.25) is 0 Å². The minimum atomic E-state index is -1.11. The Morgan fingerprint density at radius 2 is 1.78 bits per heavy atom. The highest BCUT2D eigenvalue weighted by Crippen LogP contribution is 2.26. The van der Waals surface area contributed by atoms with Crippen LogP contribution >= 0.6 is 0 Å². The van der Waals surface area contributed by atoms with E-state index in [4.69, 9.17) is 9.15 Å². The maximum Gasteiger partial charge on any atom is 0.206 e. The molecule has 1 aromatic heterocycles. The van der Waals surface area contributed by atoms with Crippen molar-refractivity contribution in [2.45, 2.75) is 18.4 Å². The van der Waals surface area contributed by atoms with E-state index in [2.05, 4.69) is 4.98 Å². The SMILES string of the molecule is Cc1cnc(CS(=O)Cc2ccccc2Oc2ccccc2)o1. The van der Waals surface area contributed by atoms with Crippen molar-refractivity contribution in [3.8, 4) is 11.5 Å². The molecule has 0 radical (unpaired) electrons. The summed E-state index contributed by atoms with van der Waals surface area (Å²) in [6, 6.07) is 17.2. The lowest BCUT2D eigenvalue weighted by Crippen LogP contribution is -2.01. The highest BCUT2D eigenvalue weighted by atomic mass is 32.2. The standard InChI is InChI=1S/C18H17NO3S/c1-14-11-19-18(21-14)13-23(20)12-15-7-5-6-10-17(15)22-16-8-3-2-4-9-16/h2-11H,12-13H2,1H3. The summed E-state index contributed by atoms with van der Waals surface area (Å²) in [5.41, 5.74) is 0.901. The Labute approximate surface area is 137 Å². The van der Waals surface area contributed by atoms with E-state index in [0.29, 0.717) is 17.4 Å². The van der Waals surface area contributed by atoms with Crippen molar-refractivity contribution in [2.75, 3.05) is 0 Å². The average Bonchev–Trinajstić information content (AvgIpc) is 2.95. The summed E-state index contributed by atoms with van der Waals surface area (Å²) in [6.07, 6.45) is 1.64. The fourth-order valence-corrected chi connectivity index (χ4v) is 3.26. The molecule has 1 unspecified atom stereocenters. The van der Waals surface area contributed by atoms with E-state index in [0.717, 1.165) is 22.8 Å². The smallest absolute Gasteiger partial charge is 0.206 e. The number of ether oxygens (including phenoxy) is 1. The predicted molar refractivity (Wildman–Crippen MR) is 89.7 cm³/mol. The summed E-state index contributed by atoms with van der Waals surface area (Å²) >= 11 is 0. The summed E-state index contributed by atoms with van der Waals surface area (Å²) < 4.78 is 23.6. The van der Waals surface area contributed by atoms with Gasteiger partial charge in [0.15, 0.2) is 0 Å². The van der Waals surface area contributed by atoms with Crippen molar-refractivity contribution < 1.29 is 13.4 Å². The van der Waals surface area contributed by atoms with Crippen molar-refractivity contribution >= 4 is 10.8 Å². The maximum atomic E-state index is 12.4. The second-order valence-corrected chi connectivity index (χ2v) is 6.57. The molecule has 0 spiro atoms. The van der Waals surface area contributed by atoms with Gasteiger partial charge in [-0.3, -0.25) is 4.21 Å². The summed E-state index contributed by atoms with van der Waals surface area (Å²) in [5.74, 6) is 3.40. The predicted octanol–water partition coefficient (Wildman–Crippen LogP) is 4.22. The monoisotopic (exact) mass is 327 g/mol. The van der Waals surface area contributed by atoms with Crippen molar-refractivity contribution in [1.29, 1.82) is 0 Å². The highest BCUT2D eigenvalue weighted by Gasteiger charge is 2.11. The van der Waals surface area contributed by atoms with E-state index >= 15 is 0 Å². The van der Waals surface area contributed by atoms with Crippen LogP contribution in [0, 0.1) is 6.92 Å². The van der Waals surface area contributed by atoms with Crippen LogP contribution in [0.15, 0.2) is 65.2 Å². The molecule has 0 fully saturated rings. The zero-order valence-corrected chi connectivity index (χ0v) is 13.6. The number of para-hydroxylation sites is 2. The Kier molecular flexibility index (Phi) is 4.88. The van der Waals surface area contributed by atoms with Crippen LogP contribution in [-0.4, -0.2) is 9.19 Å². The normalized spacial score (nSPS) is 12.0.